The van der Waals surface area contributed by atoms with Crippen LogP contribution in [0.25, 0.3) is 0 Å². The van der Waals surface area contributed by atoms with Crippen molar-refractivity contribution in [3.8, 4) is 5.75 Å². The Labute approximate surface area is 350 Å². The van der Waals surface area contributed by atoms with Gasteiger partial charge in [0, 0.05) is 19.0 Å². The zero-order chi connectivity index (χ0) is 43.8. The lowest BCUT2D eigenvalue weighted by molar-refractivity contribution is -0.144. The first-order valence-corrected chi connectivity index (χ1v) is 20.6. The maximum absolute atomic E-state index is 15.4. The summed E-state index contributed by atoms with van der Waals surface area (Å²) in [6.07, 6.45) is 1.90. The third kappa shape index (κ3) is 12.5. The van der Waals surface area contributed by atoms with Crippen LogP contribution in [0.5, 0.6) is 5.75 Å². The summed E-state index contributed by atoms with van der Waals surface area (Å²) in [5.41, 5.74) is 1.33. The predicted molar refractivity (Wildman–Crippen MR) is 219 cm³/mol. The van der Waals surface area contributed by atoms with Crippen LogP contribution >= 0.6 is 12.2 Å². The highest BCUT2D eigenvalue weighted by Gasteiger charge is 2.33. The van der Waals surface area contributed by atoms with E-state index >= 15 is 8.78 Å². The summed E-state index contributed by atoms with van der Waals surface area (Å²) in [5.74, 6) is -7.82. The smallest absolute Gasteiger partial charge is 0.307 e. The number of benzene rings is 3. The third-order valence-electron chi connectivity index (χ3n) is 11.7. The summed E-state index contributed by atoms with van der Waals surface area (Å²) >= 11 is 5.85. The number of hydrogen-bond acceptors (Lipinski definition) is 8. The van der Waals surface area contributed by atoms with Crippen molar-refractivity contribution in [1.29, 1.82) is 0 Å². The zero-order valence-corrected chi connectivity index (χ0v) is 33.5. The van der Waals surface area contributed by atoms with E-state index in [4.69, 9.17) is 17.0 Å². The van der Waals surface area contributed by atoms with Gasteiger partial charge in [-0.25, -0.2) is 13.2 Å². The number of ether oxygens (including phenoxy) is 1. The molecule has 6 N–H and O–H groups in total. The molecule has 59 heavy (non-hydrogen) atoms. The van der Waals surface area contributed by atoms with E-state index in [1.54, 1.807) is 6.07 Å². The summed E-state index contributed by atoms with van der Waals surface area (Å²) < 4.78 is 70.3. The van der Waals surface area contributed by atoms with Gasteiger partial charge in [0.25, 0.3) is 0 Å². The lowest BCUT2D eigenvalue weighted by Crippen LogP contribution is -2.34. The molecule has 6 atom stereocenters. The standard InChI is InChI=1S/C44H53F3N4O7S/c45-34-11-26(17-38(42(52)53)31-1-4-48-22-31)9-28(13-34)20-41(59)51(25-30-10-27(12-35(46)15-30)18-39(43(54)55)32-2-5-49-23-32)7-8-58-37-16-29(14-36(47)21-37)19-40(44(56)57)33-3-6-50-24-33/h9-16,21,31-33,38-40,48-50H,1-8,17-20,22-25H2,(H,52,53)(H,54,55)(H,56,57)/i25D2. The van der Waals surface area contributed by atoms with E-state index < -0.39 is 59.6 Å². The van der Waals surface area contributed by atoms with Crippen molar-refractivity contribution in [2.45, 2.75) is 51.4 Å². The Morgan fingerprint density at radius 2 is 1.07 bits per heavy atom. The molecule has 3 aromatic rings. The van der Waals surface area contributed by atoms with Crippen LogP contribution in [0.3, 0.4) is 0 Å². The number of aliphatic carboxylic acids is 3. The molecule has 3 heterocycles. The van der Waals surface area contributed by atoms with Crippen LogP contribution in [0.1, 0.15) is 49.8 Å². The molecule has 0 aromatic heterocycles. The number of nitrogens with zero attached hydrogens (tertiary/aromatic N) is 1. The fourth-order valence-corrected chi connectivity index (χ4v) is 9.01. The molecule has 0 saturated carbocycles. The van der Waals surface area contributed by atoms with Gasteiger partial charge in [-0.1, -0.05) is 24.4 Å². The molecular formula is C44H53F3N4O7S. The van der Waals surface area contributed by atoms with Crippen molar-refractivity contribution in [2.24, 2.45) is 35.5 Å². The highest BCUT2D eigenvalue weighted by molar-refractivity contribution is 7.80. The monoisotopic (exact) mass is 840 g/mol. The van der Waals surface area contributed by atoms with Gasteiger partial charge in [-0.05, 0) is 160 Å². The molecule has 6 unspecified atom stereocenters. The van der Waals surface area contributed by atoms with Crippen molar-refractivity contribution < 1.29 is 50.4 Å². The van der Waals surface area contributed by atoms with Crippen LogP contribution in [0, 0.1) is 53.0 Å². The van der Waals surface area contributed by atoms with Gasteiger partial charge >= 0.3 is 17.9 Å². The number of carbonyl (C=O) groups is 3. The van der Waals surface area contributed by atoms with Gasteiger partial charge in [0.15, 0.2) is 0 Å². The Kier molecular flexibility index (Phi) is 14.4. The second-order valence-corrected chi connectivity index (χ2v) is 16.5. The molecule has 3 fully saturated rings. The van der Waals surface area contributed by atoms with Crippen LogP contribution in [-0.4, -0.2) is 95.5 Å². The maximum atomic E-state index is 15.4. The van der Waals surface area contributed by atoms with Crippen LogP contribution in [0.15, 0.2) is 54.6 Å². The Balaban J connectivity index is 1.26. The first-order valence-electron chi connectivity index (χ1n) is 21.2. The number of hydrogen-bond donors (Lipinski definition) is 6. The van der Waals surface area contributed by atoms with Crippen LogP contribution in [-0.2, 0) is 46.6 Å². The molecular weight excluding hydrogens is 786 g/mol. The second kappa shape index (κ2) is 20.6. The van der Waals surface area contributed by atoms with Crippen molar-refractivity contribution in [2.75, 3.05) is 52.4 Å². The van der Waals surface area contributed by atoms with E-state index in [-0.39, 0.29) is 78.5 Å². The molecule has 0 spiro atoms. The normalized spacial score (nSPS) is 21.3. The molecule has 0 amide bonds. The quantitative estimate of drug-likeness (QED) is 0.0837. The molecule has 6 rings (SSSR count). The Bertz CT molecular complexity index is 2060. The van der Waals surface area contributed by atoms with Gasteiger partial charge < -0.3 is 40.9 Å². The summed E-state index contributed by atoms with van der Waals surface area (Å²) in [7, 11) is 0. The fraction of sp³-hybridized carbons (Fsp3) is 0.500. The van der Waals surface area contributed by atoms with Gasteiger partial charge in [-0.15, -0.1) is 0 Å². The second-order valence-electron chi connectivity index (χ2n) is 16.0. The molecule has 3 aliphatic heterocycles. The number of carboxylic acid groups (broad SMARTS) is 3. The molecule has 0 aliphatic carbocycles. The van der Waals surface area contributed by atoms with Crippen LogP contribution in [0.4, 0.5) is 13.2 Å². The average molecular weight is 841 g/mol. The molecule has 3 aromatic carbocycles. The summed E-state index contributed by atoms with van der Waals surface area (Å²) in [6, 6.07) is 11.7. The maximum Gasteiger partial charge on any atom is 0.307 e. The number of halogens is 3. The topological polar surface area (TPSA) is 160 Å². The van der Waals surface area contributed by atoms with Crippen molar-refractivity contribution in [3.63, 3.8) is 0 Å². The van der Waals surface area contributed by atoms with Gasteiger partial charge in [0.05, 0.1) is 32.0 Å². The lowest BCUT2D eigenvalue weighted by atomic mass is 9.85. The lowest BCUT2D eigenvalue weighted by Gasteiger charge is -2.27. The first-order chi connectivity index (χ1) is 29.1. The van der Waals surface area contributed by atoms with Crippen LogP contribution in [0.2, 0.25) is 0 Å². The Morgan fingerprint density at radius 1 is 0.661 bits per heavy atom. The minimum Gasteiger partial charge on any atom is -0.492 e. The van der Waals surface area contributed by atoms with Crippen LogP contribution < -0.4 is 20.7 Å². The highest BCUT2D eigenvalue weighted by atomic mass is 32.1. The number of carboxylic acids is 3. The minimum atomic E-state index is -2.54. The fourth-order valence-electron chi connectivity index (χ4n) is 8.71. The number of rotatable bonds is 20. The van der Waals surface area contributed by atoms with E-state index in [9.17, 15) is 36.8 Å². The molecule has 11 nitrogen and oxygen atoms in total. The predicted octanol–water partition coefficient (Wildman–Crippen LogP) is 5.11. The van der Waals surface area contributed by atoms with E-state index in [0.717, 1.165) is 12.1 Å². The molecule has 3 saturated heterocycles. The van der Waals surface area contributed by atoms with Gasteiger partial charge in [-0.2, -0.15) is 0 Å². The van der Waals surface area contributed by atoms with Gasteiger partial charge in [0.2, 0.25) is 0 Å². The largest absolute Gasteiger partial charge is 0.492 e. The third-order valence-corrected chi connectivity index (χ3v) is 12.1. The molecule has 3 aliphatic rings. The van der Waals surface area contributed by atoms with Crippen molar-refractivity contribution in [1.82, 2.24) is 20.9 Å². The number of nitrogens with one attached hydrogen (secondary N) is 3. The van der Waals surface area contributed by atoms with Crippen molar-refractivity contribution in [3.05, 3.63) is 99.9 Å². The Morgan fingerprint density at radius 3 is 1.51 bits per heavy atom. The highest BCUT2D eigenvalue weighted by Crippen LogP contribution is 2.29. The SMILES string of the molecule is [2H]C([2H])(c1cc(F)cc(CC(C(=O)O)C2CCNC2)c1)N(CCOc1cc(F)cc(CC(C(=O)O)C2CCNC2)c1)C(=S)Cc1cc(F)cc(CC(C(=O)O)C2CCNC2)c1. The summed E-state index contributed by atoms with van der Waals surface area (Å²) in [6.45, 7) is 0.527. The number of thiocarbonyl (C=S) groups is 1. The summed E-state index contributed by atoms with van der Waals surface area (Å²) in [5, 5.41) is 39.5. The molecule has 0 bridgehead atoms. The van der Waals surface area contributed by atoms with Gasteiger partial charge in [-0.3, -0.25) is 14.4 Å². The average Bonchev–Trinajstić information content (AvgIpc) is 4.01. The Hall–Kier alpha value is -4.57. The zero-order valence-electron chi connectivity index (χ0n) is 34.7. The van der Waals surface area contributed by atoms with E-state index in [2.05, 4.69) is 16.0 Å². The van der Waals surface area contributed by atoms with Gasteiger partial charge in [0.1, 0.15) is 29.8 Å². The first kappa shape index (κ1) is 41.2. The molecule has 15 heteroatoms. The van der Waals surface area contributed by atoms with Crippen molar-refractivity contribution >= 4 is 35.1 Å². The van der Waals surface area contributed by atoms with E-state index in [1.807, 2.05) is 0 Å². The molecule has 0 radical (unpaired) electrons. The summed E-state index contributed by atoms with van der Waals surface area (Å²) in [4.78, 5) is 37.8. The minimum absolute atomic E-state index is 0.0272. The van der Waals surface area contributed by atoms with E-state index in [0.29, 0.717) is 75.2 Å². The molecule has 318 valence electrons. The van der Waals surface area contributed by atoms with E-state index in [1.165, 1.54) is 41.3 Å².